The second-order valence-corrected chi connectivity index (χ2v) is 9.18. The van der Waals surface area contributed by atoms with Crippen molar-refractivity contribution in [1.82, 2.24) is 19.5 Å². The highest BCUT2D eigenvalue weighted by atomic mass is 19.1. The number of halogens is 1. The van der Waals surface area contributed by atoms with Crippen LogP contribution in [0.5, 0.6) is 11.5 Å². The molecule has 0 bridgehead atoms. The highest BCUT2D eigenvalue weighted by Gasteiger charge is 2.18. The smallest absolute Gasteiger partial charge is 0.274 e. The molecule has 0 radical (unpaired) electrons. The second kappa shape index (κ2) is 10.4. The Hall–Kier alpha value is -4.93. The first-order valence-corrected chi connectivity index (χ1v) is 12.5. The fourth-order valence-electron chi connectivity index (χ4n) is 3.96. The monoisotopic (exact) mass is 528 g/mol. The predicted molar refractivity (Wildman–Crippen MR) is 142 cm³/mol. The first-order valence-electron chi connectivity index (χ1n) is 12.5. The van der Waals surface area contributed by atoms with Gasteiger partial charge in [-0.25, -0.2) is 9.37 Å². The van der Waals surface area contributed by atoms with E-state index in [9.17, 15) is 9.18 Å². The number of rotatable bonds is 5. The summed E-state index contributed by atoms with van der Waals surface area (Å²) in [4.78, 5) is 21.6. The minimum Gasteiger partial charge on any atom is -0.486 e. The van der Waals surface area contributed by atoms with Gasteiger partial charge in [0.15, 0.2) is 11.5 Å². The highest BCUT2D eigenvalue weighted by Crippen LogP contribution is 2.34. The van der Waals surface area contributed by atoms with Crippen LogP contribution in [0.25, 0.3) is 17.0 Å². The van der Waals surface area contributed by atoms with Crippen molar-refractivity contribution >= 4 is 28.6 Å². The number of carbonyl (C=O) groups is 1. The number of alkyl halides is 1. The minimum absolute atomic E-state index is 0.279. The number of pyridine rings is 1. The van der Waals surface area contributed by atoms with Gasteiger partial charge in [-0.1, -0.05) is 17.3 Å². The van der Waals surface area contributed by atoms with Gasteiger partial charge < -0.3 is 24.6 Å². The molecular weight excluding hydrogens is 503 g/mol. The number of benzene rings is 2. The van der Waals surface area contributed by atoms with Crippen molar-refractivity contribution in [1.29, 1.82) is 0 Å². The van der Waals surface area contributed by atoms with E-state index in [2.05, 4.69) is 25.8 Å². The number of nitrogens with one attached hydrogen (secondary N) is 2. The number of aromatic nitrogens is 4. The van der Waals surface area contributed by atoms with Gasteiger partial charge in [-0.2, -0.15) is 4.98 Å². The average Bonchev–Trinajstić information content (AvgIpc) is 3.38. The topological polar surface area (TPSA) is 116 Å². The number of imidazole rings is 1. The Kier molecular flexibility index (Phi) is 6.54. The van der Waals surface area contributed by atoms with Gasteiger partial charge in [0.2, 0.25) is 12.2 Å². The van der Waals surface area contributed by atoms with Gasteiger partial charge in [-0.15, -0.1) is 0 Å². The van der Waals surface area contributed by atoms with E-state index in [-0.39, 0.29) is 5.91 Å². The molecule has 39 heavy (non-hydrogen) atoms. The summed E-state index contributed by atoms with van der Waals surface area (Å²) < 4.78 is 28.9. The lowest BCUT2D eigenvalue weighted by molar-refractivity contribution is 0.102. The van der Waals surface area contributed by atoms with E-state index in [1.165, 1.54) is 6.39 Å². The molecule has 5 aromatic rings. The third-order valence-electron chi connectivity index (χ3n) is 6.19. The SMILES string of the molecule is Cc1ccc(-c2ncon2)cc1NC(=O)c1cnc2cc(Nc3ccc4c(c3)OCCO4)ccn12.FC1CC1. The number of hydrogen-bond acceptors (Lipinski definition) is 8. The predicted octanol–water partition coefficient (Wildman–Crippen LogP) is 5.58. The lowest BCUT2D eigenvalue weighted by Crippen LogP contribution is -2.15. The molecule has 11 heteroatoms. The first kappa shape index (κ1) is 24.4. The van der Waals surface area contributed by atoms with E-state index >= 15 is 0 Å². The van der Waals surface area contributed by atoms with Crippen molar-refractivity contribution in [3.8, 4) is 22.9 Å². The van der Waals surface area contributed by atoms with Crippen LogP contribution in [-0.2, 0) is 0 Å². The van der Waals surface area contributed by atoms with Gasteiger partial charge in [-0.05, 0) is 49.6 Å². The molecule has 198 valence electrons. The molecule has 0 unspecified atom stereocenters. The molecule has 10 nitrogen and oxygen atoms in total. The molecule has 1 aliphatic heterocycles. The highest BCUT2D eigenvalue weighted by molar-refractivity contribution is 6.04. The Morgan fingerprint density at radius 2 is 1.79 bits per heavy atom. The number of ether oxygens (including phenoxy) is 2. The normalized spacial score (nSPS) is 13.9. The summed E-state index contributed by atoms with van der Waals surface area (Å²) in [7, 11) is 0. The molecule has 0 spiro atoms. The van der Waals surface area contributed by atoms with Gasteiger partial charge in [-0.3, -0.25) is 9.20 Å². The zero-order valence-electron chi connectivity index (χ0n) is 21.1. The number of nitrogens with zero attached hydrogens (tertiary/aromatic N) is 4. The molecule has 2 aromatic carbocycles. The fraction of sp³-hybridized carbons (Fsp3) is 0.214. The van der Waals surface area contributed by atoms with Crippen LogP contribution in [0, 0.1) is 6.92 Å². The Labute approximate surface area is 222 Å². The van der Waals surface area contributed by atoms with Gasteiger partial charge in [0.1, 0.15) is 30.7 Å². The summed E-state index contributed by atoms with van der Waals surface area (Å²) in [5.74, 6) is 1.62. The summed E-state index contributed by atoms with van der Waals surface area (Å²) in [5.41, 5.74) is 5.04. The summed E-state index contributed by atoms with van der Waals surface area (Å²) >= 11 is 0. The molecule has 0 saturated heterocycles. The lowest BCUT2D eigenvalue weighted by atomic mass is 10.1. The molecule has 1 saturated carbocycles. The summed E-state index contributed by atoms with van der Waals surface area (Å²) in [6.45, 7) is 3.00. The van der Waals surface area contributed by atoms with E-state index in [0.29, 0.717) is 41.8 Å². The van der Waals surface area contributed by atoms with E-state index in [4.69, 9.17) is 14.0 Å². The maximum absolute atomic E-state index is 13.1. The fourth-order valence-corrected chi connectivity index (χ4v) is 3.96. The second-order valence-electron chi connectivity index (χ2n) is 9.18. The molecule has 2 N–H and O–H groups in total. The van der Waals surface area contributed by atoms with Crippen molar-refractivity contribution in [2.45, 2.75) is 25.9 Å². The Balaban J connectivity index is 0.000000636. The third kappa shape index (κ3) is 5.52. The number of amides is 1. The zero-order valence-corrected chi connectivity index (χ0v) is 21.1. The van der Waals surface area contributed by atoms with Crippen LogP contribution in [0.15, 0.2) is 71.8 Å². The van der Waals surface area contributed by atoms with Crippen LogP contribution in [0.4, 0.5) is 21.5 Å². The third-order valence-corrected chi connectivity index (χ3v) is 6.19. The Morgan fingerprint density at radius 1 is 1.00 bits per heavy atom. The molecular formula is C28H25FN6O4. The molecule has 2 aliphatic rings. The number of carbonyl (C=O) groups excluding carboxylic acids is 1. The largest absolute Gasteiger partial charge is 0.486 e. The van der Waals surface area contributed by atoms with Crippen LogP contribution >= 0.6 is 0 Å². The lowest BCUT2D eigenvalue weighted by Gasteiger charge is -2.19. The molecule has 7 rings (SSSR count). The van der Waals surface area contributed by atoms with E-state index in [1.807, 2.05) is 55.5 Å². The number of hydrogen-bond donors (Lipinski definition) is 2. The van der Waals surface area contributed by atoms with Crippen molar-refractivity contribution in [2.75, 3.05) is 23.8 Å². The Morgan fingerprint density at radius 3 is 2.56 bits per heavy atom. The van der Waals surface area contributed by atoms with Crippen molar-refractivity contribution in [3.05, 3.63) is 78.6 Å². The van der Waals surface area contributed by atoms with E-state index in [0.717, 1.165) is 41.1 Å². The minimum atomic E-state index is -0.417. The van der Waals surface area contributed by atoms with Gasteiger partial charge in [0.05, 0.1) is 6.20 Å². The van der Waals surface area contributed by atoms with Crippen LogP contribution in [0.2, 0.25) is 0 Å². The van der Waals surface area contributed by atoms with E-state index < -0.39 is 6.17 Å². The number of aryl methyl sites for hydroxylation is 1. The summed E-state index contributed by atoms with van der Waals surface area (Å²) in [6, 6.07) is 15.0. The van der Waals surface area contributed by atoms with Crippen molar-refractivity contribution in [2.24, 2.45) is 0 Å². The van der Waals surface area contributed by atoms with Crippen LogP contribution in [0.3, 0.4) is 0 Å². The molecule has 1 amide bonds. The maximum Gasteiger partial charge on any atom is 0.274 e. The van der Waals surface area contributed by atoms with Crippen LogP contribution in [-0.4, -0.2) is 44.8 Å². The van der Waals surface area contributed by atoms with Gasteiger partial charge in [0.25, 0.3) is 5.91 Å². The van der Waals surface area contributed by atoms with Crippen LogP contribution in [0.1, 0.15) is 28.9 Å². The van der Waals surface area contributed by atoms with Gasteiger partial charge in [0, 0.05) is 41.0 Å². The number of fused-ring (bicyclic) bond motifs is 2. The number of anilines is 3. The standard InChI is InChI=1S/C25H20N6O4.C3H5F/c1-15-2-3-16(24-27-14-35-30-24)10-19(15)29-25(32)20-13-26-23-12-18(6-7-31(20)23)28-17-4-5-21-22(11-17)34-9-8-33-21;4-3-1-2-3/h2-7,10-14,28H,8-9H2,1H3,(H,29,32);3H,1-2H2. The Bertz CT molecular complexity index is 1630. The molecule has 1 aliphatic carbocycles. The quantitative estimate of drug-likeness (QED) is 0.304. The van der Waals surface area contributed by atoms with Crippen molar-refractivity contribution in [3.63, 3.8) is 0 Å². The molecule has 4 heterocycles. The maximum atomic E-state index is 13.1. The summed E-state index contributed by atoms with van der Waals surface area (Å²) in [6.07, 6.45) is 5.85. The van der Waals surface area contributed by atoms with Gasteiger partial charge >= 0.3 is 0 Å². The average molecular weight is 529 g/mol. The molecule has 0 atom stereocenters. The molecule has 1 fully saturated rings. The first-order chi connectivity index (χ1) is 19.0. The molecule has 3 aromatic heterocycles. The van der Waals surface area contributed by atoms with E-state index in [1.54, 1.807) is 16.8 Å². The zero-order chi connectivity index (χ0) is 26.8. The van der Waals surface area contributed by atoms with Crippen molar-refractivity contribution < 1.29 is 23.2 Å². The van der Waals surface area contributed by atoms with Crippen LogP contribution < -0.4 is 20.1 Å². The summed E-state index contributed by atoms with van der Waals surface area (Å²) in [5, 5.41) is 10.2.